The lowest BCUT2D eigenvalue weighted by molar-refractivity contribution is -0.137. The number of carbonyl (C=O) groups is 3. The molecule has 0 atom stereocenters. The molecule has 1 aromatic rings. The van der Waals surface area contributed by atoms with Gasteiger partial charge < -0.3 is 15.1 Å². The lowest BCUT2D eigenvalue weighted by Crippen LogP contribution is -2.48. The first-order chi connectivity index (χ1) is 10.6. The van der Waals surface area contributed by atoms with E-state index >= 15 is 0 Å². The molecule has 0 aromatic heterocycles. The van der Waals surface area contributed by atoms with Crippen LogP contribution in [-0.4, -0.2) is 54.2 Å². The molecule has 1 aliphatic rings. The van der Waals surface area contributed by atoms with Crippen LogP contribution in [0.4, 0.5) is 5.69 Å². The molecular weight excluding hydrogens is 282 g/mol. The number of anilines is 1. The number of nitrogens with zero attached hydrogens (tertiary/aromatic N) is 2. The molecule has 1 fully saturated rings. The van der Waals surface area contributed by atoms with E-state index in [0.717, 1.165) is 12.8 Å². The number of benzene rings is 1. The first kappa shape index (κ1) is 16.0. The Hall–Kier alpha value is -2.37. The van der Waals surface area contributed by atoms with Crippen molar-refractivity contribution in [2.75, 3.05) is 31.5 Å². The number of piperazine rings is 1. The normalized spacial score (nSPS) is 14.6. The Morgan fingerprint density at radius 2 is 1.77 bits per heavy atom. The highest BCUT2D eigenvalue weighted by molar-refractivity contribution is 6.03. The van der Waals surface area contributed by atoms with Gasteiger partial charge in [-0.15, -0.1) is 0 Å². The molecule has 0 spiro atoms. The Morgan fingerprint density at radius 1 is 1.14 bits per heavy atom. The van der Waals surface area contributed by atoms with Crippen LogP contribution < -0.4 is 5.32 Å². The Labute approximate surface area is 130 Å². The molecule has 6 heteroatoms. The van der Waals surface area contributed by atoms with Crippen LogP contribution in [0.15, 0.2) is 24.3 Å². The predicted molar refractivity (Wildman–Crippen MR) is 83.3 cm³/mol. The average molecular weight is 303 g/mol. The van der Waals surface area contributed by atoms with Gasteiger partial charge in [0.05, 0.1) is 0 Å². The van der Waals surface area contributed by atoms with E-state index in [4.69, 9.17) is 0 Å². The minimum absolute atomic E-state index is 0.170. The van der Waals surface area contributed by atoms with Crippen molar-refractivity contribution >= 4 is 23.9 Å². The second-order valence-corrected chi connectivity index (χ2v) is 5.30. The number of hydrogen-bond acceptors (Lipinski definition) is 3. The van der Waals surface area contributed by atoms with E-state index in [1.54, 1.807) is 9.80 Å². The number of aryl methyl sites for hydroxylation is 1. The number of rotatable bonds is 5. The van der Waals surface area contributed by atoms with E-state index in [2.05, 4.69) is 12.2 Å². The van der Waals surface area contributed by atoms with Gasteiger partial charge in [-0.2, -0.15) is 0 Å². The largest absolute Gasteiger partial charge is 0.342 e. The molecule has 6 nitrogen and oxygen atoms in total. The smallest absolute Gasteiger partial charge is 0.233 e. The van der Waals surface area contributed by atoms with E-state index in [9.17, 15) is 14.4 Å². The zero-order valence-electron chi connectivity index (χ0n) is 12.7. The highest BCUT2D eigenvalue weighted by Gasteiger charge is 2.21. The zero-order valence-corrected chi connectivity index (χ0v) is 12.7. The topological polar surface area (TPSA) is 69.7 Å². The van der Waals surface area contributed by atoms with Crippen LogP contribution in [0.5, 0.6) is 0 Å². The highest BCUT2D eigenvalue weighted by Crippen LogP contribution is 2.11. The van der Waals surface area contributed by atoms with E-state index in [0.29, 0.717) is 31.9 Å². The Bertz CT molecular complexity index is 534. The summed E-state index contributed by atoms with van der Waals surface area (Å²) in [6.45, 7) is 4.08. The van der Waals surface area contributed by atoms with Gasteiger partial charge in [-0.3, -0.25) is 14.4 Å². The van der Waals surface area contributed by atoms with Crippen molar-refractivity contribution in [2.24, 2.45) is 0 Å². The number of carbonyl (C=O) groups excluding carboxylic acids is 3. The predicted octanol–water partition coefficient (Wildman–Crippen LogP) is 0.878. The van der Waals surface area contributed by atoms with Crippen molar-refractivity contribution in [3.05, 3.63) is 29.8 Å². The van der Waals surface area contributed by atoms with Gasteiger partial charge in [-0.25, -0.2) is 0 Å². The van der Waals surface area contributed by atoms with Gasteiger partial charge in [-0.1, -0.05) is 19.1 Å². The molecule has 118 valence electrons. The van der Waals surface area contributed by atoms with Gasteiger partial charge in [0.25, 0.3) is 0 Å². The number of nitrogens with one attached hydrogen (secondary N) is 1. The first-order valence-electron chi connectivity index (χ1n) is 7.48. The third kappa shape index (κ3) is 4.31. The molecule has 1 heterocycles. The fourth-order valence-corrected chi connectivity index (χ4v) is 2.35. The van der Waals surface area contributed by atoms with Crippen LogP contribution in [0, 0.1) is 0 Å². The SMILES string of the molecule is CCc1ccc(NC(=O)CC(=O)N2CCN(C=O)CC2)cc1. The second kappa shape index (κ2) is 7.59. The van der Waals surface area contributed by atoms with E-state index < -0.39 is 0 Å². The van der Waals surface area contributed by atoms with Crippen LogP contribution in [0.2, 0.25) is 0 Å². The highest BCUT2D eigenvalue weighted by atomic mass is 16.2. The third-order valence-electron chi connectivity index (χ3n) is 3.77. The Balaban J connectivity index is 1.81. The molecule has 22 heavy (non-hydrogen) atoms. The summed E-state index contributed by atoms with van der Waals surface area (Å²) in [4.78, 5) is 37.8. The summed E-state index contributed by atoms with van der Waals surface area (Å²) in [5.41, 5.74) is 1.89. The molecule has 0 saturated carbocycles. The third-order valence-corrected chi connectivity index (χ3v) is 3.77. The average Bonchev–Trinajstić information content (AvgIpc) is 2.55. The summed E-state index contributed by atoms with van der Waals surface area (Å²) in [5, 5.41) is 2.73. The van der Waals surface area contributed by atoms with E-state index in [1.807, 2.05) is 24.3 Å². The molecule has 0 aliphatic carbocycles. The maximum absolute atomic E-state index is 12.1. The Morgan fingerprint density at radius 3 is 2.32 bits per heavy atom. The fourth-order valence-electron chi connectivity index (χ4n) is 2.35. The zero-order chi connectivity index (χ0) is 15.9. The summed E-state index contributed by atoms with van der Waals surface area (Å²) in [6.07, 6.45) is 1.56. The van der Waals surface area contributed by atoms with E-state index in [1.165, 1.54) is 5.56 Å². The molecule has 3 amide bonds. The Kier molecular flexibility index (Phi) is 5.52. The van der Waals surface area contributed by atoms with Gasteiger partial charge in [0, 0.05) is 31.9 Å². The molecule has 1 saturated heterocycles. The van der Waals surface area contributed by atoms with Crippen molar-refractivity contribution in [3.8, 4) is 0 Å². The lowest BCUT2D eigenvalue weighted by Gasteiger charge is -2.32. The van der Waals surface area contributed by atoms with Gasteiger partial charge in [0.2, 0.25) is 18.2 Å². The van der Waals surface area contributed by atoms with E-state index in [-0.39, 0.29) is 18.2 Å². The van der Waals surface area contributed by atoms with Gasteiger partial charge >= 0.3 is 0 Å². The van der Waals surface area contributed by atoms with Crippen LogP contribution in [0.1, 0.15) is 18.9 Å². The van der Waals surface area contributed by atoms with Crippen molar-refractivity contribution in [1.29, 1.82) is 0 Å². The summed E-state index contributed by atoms with van der Waals surface area (Å²) in [6, 6.07) is 7.58. The summed E-state index contributed by atoms with van der Waals surface area (Å²) < 4.78 is 0. The number of amides is 3. The van der Waals surface area contributed by atoms with Crippen molar-refractivity contribution < 1.29 is 14.4 Å². The lowest BCUT2D eigenvalue weighted by atomic mass is 10.1. The van der Waals surface area contributed by atoms with Gasteiger partial charge in [0.1, 0.15) is 6.42 Å². The van der Waals surface area contributed by atoms with Crippen molar-refractivity contribution in [2.45, 2.75) is 19.8 Å². The van der Waals surface area contributed by atoms with Crippen molar-refractivity contribution in [3.63, 3.8) is 0 Å². The molecule has 1 aliphatic heterocycles. The molecule has 0 bridgehead atoms. The van der Waals surface area contributed by atoms with Crippen LogP contribution in [0.3, 0.4) is 0 Å². The molecular formula is C16H21N3O3. The van der Waals surface area contributed by atoms with Crippen LogP contribution in [0.25, 0.3) is 0 Å². The summed E-state index contributed by atoms with van der Waals surface area (Å²) in [7, 11) is 0. The monoisotopic (exact) mass is 303 g/mol. The van der Waals surface area contributed by atoms with Gasteiger partial charge in [-0.05, 0) is 24.1 Å². The maximum atomic E-state index is 12.1. The molecule has 1 aromatic carbocycles. The minimum atomic E-state index is -0.313. The fraction of sp³-hybridized carbons (Fsp3) is 0.438. The van der Waals surface area contributed by atoms with Crippen molar-refractivity contribution in [1.82, 2.24) is 9.80 Å². The van der Waals surface area contributed by atoms with Crippen LogP contribution in [-0.2, 0) is 20.8 Å². The minimum Gasteiger partial charge on any atom is -0.342 e. The number of hydrogen-bond donors (Lipinski definition) is 1. The standard InChI is InChI=1S/C16H21N3O3/c1-2-13-3-5-14(6-4-13)17-15(21)11-16(22)19-9-7-18(12-20)8-10-19/h3-6,12H,2,7-11H2,1H3,(H,17,21). The first-order valence-corrected chi connectivity index (χ1v) is 7.48. The molecule has 0 unspecified atom stereocenters. The van der Waals surface area contributed by atoms with Crippen LogP contribution >= 0.6 is 0 Å². The maximum Gasteiger partial charge on any atom is 0.233 e. The molecule has 2 rings (SSSR count). The molecule has 0 radical (unpaired) electrons. The summed E-state index contributed by atoms with van der Waals surface area (Å²) in [5.74, 6) is -0.514. The quantitative estimate of drug-likeness (QED) is 0.648. The van der Waals surface area contributed by atoms with Gasteiger partial charge in [0.15, 0.2) is 0 Å². The summed E-state index contributed by atoms with van der Waals surface area (Å²) >= 11 is 0. The molecule has 1 N–H and O–H groups in total. The second-order valence-electron chi connectivity index (χ2n) is 5.30.